The van der Waals surface area contributed by atoms with E-state index in [9.17, 15) is 52.7 Å². The molecular formula is C38H28F12N8O6S. The van der Waals surface area contributed by atoms with Crippen molar-refractivity contribution in [3.8, 4) is 23.3 Å². The molecule has 0 saturated carbocycles. The smallest absolute Gasteiger partial charge is 0.433 e. The molecule has 0 bridgehead atoms. The minimum atomic E-state index is -4.92. The summed E-state index contributed by atoms with van der Waals surface area (Å²) in [5, 5.41) is 6.56. The summed E-state index contributed by atoms with van der Waals surface area (Å²) in [7, 11) is 0. The fourth-order valence-electron chi connectivity index (χ4n) is 6.41. The molecule has 0 amide bonds. The fraction of sp³-hybridized carbons (Fsp3) is 0.316. The van der Waals surface area contributed by atoms with Crippen LogP contribution < -0.4 is 9.47 Å². The molecule has 2 aliphatic heterocycles. The lowest BCUT2D eigenvalue weighted by Gasteiger charge is -2.30. The molecule has 8 rings (SSSR count). The maximum Gasteiger partial charge on any atom is 0.433 e. The molecule has 2 aromatic carbocycles. The highest BCUT2D eigenvalue weighted by atomic mass is 32.1. The number of hydrogen-bond acceptors (Lipinski definition) is 12. The first-order valence-corrected chi connectivity index (χ1v) is 18.8. The Morgan fingerprint density at radius 2 is 1.02 bits per heavy atom. The molecule has 0 atom stereocenters. The third-order valence-electron chi connectivity index (χ3n) is 9.24. The second kappa shape index (κ2) is 18.0. The Kier molecular flexibility index (Phi) is 13.0. The van der Waals surface area contributed by atoms with E-state index in [4.69, 9.17) is 40.6 Å². The van der Waals surface area contributed by atoms with Gasteiger partial charge in [0.2, 0.25) is 28.1 Å². The summed E-state index contributed by atoms with van der Waals surface area (Å²) in [6, 6.07) is 11.4. The molecule has 0 spiro atoms. The third kappa shape index (κ3) is 10.9. The van der Waals surface area contributed by atoms with Crippen molar-refractivity contribution in [3.63, 3.8) is 0 Å². The van der Waals surface area contributed by atoms with E-state index >= 15 is 0 Å². The Morgan fingerprint density at radius 3 is 1.37 bits per heavy atom. The molecule has 27 heteroatoms. The summed E-state index contributed by atoms with van der Waals surface area (Å²) in [5.74, 6) is -4.83. The number of nitrogens with one attached hydrogen (secondary N) is 1. The summed E-state index contributed by atoms with van der Waals surface area (Å²) < 4.78 is 195. The van der Waals surface area contributed by atoms with E-state index in [1.165, 1.54) is 28.3 Å². The highest BCUT2D eigenvalue weighted by molar-refractivity contribution is 7.71. The lowest BCUT2D eigenvalue weighted by Crippen LogP contribution is -2.36. The zero-order valence-electron chi connectivity index (χ0n) is 32.4. The number of aromatic amines is 1. The van der Waals surface area contributed by atoms with Crippen molar-refractivity contribution in [3.05, 3.63) is 130 Å². The van der Waals surface area contributed by atoms with Gasteiger partial charge in [0.05, 0.1) is 37.6 Å². The molecular weight excluding hydrogens is 925 g/mol. The van der Waals surface area contributed by atoms with Gasteiger partial charge in [-0.2, -0.15) is 57.8 Å². The number of alkyl halides is 12. The van der Waals surface area contributed by atoms with Crippen LogP contribution in [0.3, 0.4) is 0 Å². The van der Waals surface area contributed by atoms with Crippen molar-refractivity contribution in [1.82, 2.24) is 39.5 Å². The molecule has 4 aromatic heterocycles. The van der Waals surface area contributed by atoms with Crippen molar-refractivity contribution in [2.45, 2.75) is 49.4 Å². The third-order valence-corrected chi connectivity index (χ3v) is 9.56. The second-order valence-corrected chi connectivity index (χ2v) is 13.9. The van der Waals surface area contributed by atoms with Gasteiger partial charge in [-0.05, 0) is 72.9 Å². The number of benzene rings is 2. The Hall–Kier alpha value is -6.16. The standard InChI is InChI=1S/C19H14F6N4O3S.C19H14F6N4O3/c20-18(21,22)11-1-3-12(4-2-11)32-14-6-5-13(15(28-14)19(23,24)25)17(30-7-8-31-17)9-29-16(33)26-10-27-29;20-18(21,22)12-1-3-13(4-2-12)32-15-6-5-14(16(28-15)19(23,24)25)17(30-7-8-31-17)9-29-11-26-10-27-29/h1-6,10H,7-9H2,(H,26,27,33);1-6,10-11H,7-9H2. The van der Waals surface area contributed by atoms with Crippen LogP contribution in [0.4, 0.5) is 52.7 Å². The van der Waals surface area contributed by atoms with E-state index in [0.29, 0.717) is 0 Å². The fourth-order valence-corrected chi connectivity index (χ4v) is 6.58. The van der Waals surface area contributed by atoms with Gasteiger partial charge in [0.1, 0.15) is 43.6 Å². The molecule has 14 nitrogen and oxygen atoms in total. The van der Waals surface area contributed by atoms with E-state index < -0.39 is 81.7 Å². The van der Waals surface area contributed by atoms with Crippen LogP contribution in [0.15, 0.2) is 91.8 Å². The first-order valence-electron chi connectivity index (χ1n) is 18.4. The topological polar surface area (TPSA) is 145 Å². The van der Waals surface area contributed by atoms with E-state index in [-0.39, 0.29) is 55.8 Å². The quantitative estimate of drug-likeness (QED) is 0.103. The number of nitrogens with zero attached hydrogens (tertiary/aromatic N) is 7. The lowest BCUT2D eigenvalue weighted by atomic mass is 10.0. The maximum atomic E-state index is 13.9. The van der Waals surface area contributed by atoms with Crippen LogP contribution in [0.25, 0.3) is 0 Å². The van der Waals surface area contributed by atoms with Gasteiger partial charge in [0, 0.05) is 23.3 Å². The van der Waals surface area contributed by atoms with Crippen LogP contribution in [0.5, 0.6) is 23.3 Å². The number of H-pyrrole nitrogens is 1. The largest absolute Gasteiger partial charge is 0.439 e. The molecule has 0 aliphatic carbocycles. The minimum absolute atomic E-state index is 0.0303. The predicted octanol–water partition coefficient (Wildman–Crippen LogP) is 9.47. The first kappa shape index (κ1) is 46.8. The van der Waals surface area contributed by atoms with E-state index in [1.807, 2.05) is 0 Å². The molecule has 2 fully saturated rings. The molecule has 1 N–H and O–H groups in total. The average molecular weight is 953 g/mol. The van der Waals surface area contributed by atoms with Crippen LogP contribution in [-0.2, 0) is 68.3 Å². The molecule has 2 aliphatic rings. The zero-order chi connectivity index (χ0) is 46.8. The number of halogens is 12. The normalized spacial score (nSPS) is 16.2. The molecule has 0 unspecified atom stereocenters. The zero-order valence-corrected chi connectivity index (χ0v) is 33.2. The molecule has 346 valence electrons. The van der Waals surface area contributed by atoms with E-state index in [1.54, 1.807) is 0 Å². The highest BCUT2D eigenvalue weighted by Crippen LogP contribution is 2.44. The molecule has 0 radical (unpaired) electrons. The van der Waals surface area contributed by atoms with Crippen molar-refractivity contribution in [2.75, 3.05) is 26.4 Å². The van der Waals surface area contributed by atoms with Crippen LogP contribution >= 0.6 is 12.2 Å². The number of rotatable bonds is 10. The van der Waals surface area contributed by atoms with Gasteiger partial charge in [0.25, 0.3) is 0 Å². The predicted molar refractivity (Wildman–Crippen MR) is 196 cm³/mol. The summed E-state index contributed by atoms with van der Waals surface area (Å²) in [5.41, 5.74) is -5.30. The van der Waals surface area contributed by atoms with Crippen LogP contribution in [0.2, 0.25) is 0 Å². The van der Waals surface area contributed by atoms with Gasteiger partial charge in [0.15, 0.2) is 11.4 Å². The van der Waals surface area contributed by atoms with Gasteiger partial charge in [-0.25, -0.2) is 24.6 Å². The van der Waals surface area contributed by atoms with Crippen molar-refractivity contribution in [2.24, 2.45) is 0 Å². The summed E-state index contributed by atoms with van der Waals surface area (Å²) in [6.07, 6.45) is -15.2. The molecule has 6 aromatic rings. The number of hydrogen-bond donors (Lipinski definition) is 1. The summed E-state index contributed by atoms with van der Waals surface area (Å²) in [6.45, 7) is -0.302. The Balaban J connectivity index is 0.000000194. The van der Waals surface area contributed by atoms with Crippen molar-refractivity contribution < 1.29 is 81.1 Å². The number of ether oxygens (including phenoxy) is 6. The maximum absolute atomic E-state index is 13.9. The summed E-state index contributed by atoms with van der Waals surface area (Å²) in [4.78, 5) is 14.7. The van der Waals surface area contributed by atoms with Crippen LogP contribution in [0, 0.1) is 4.77 Å². The SMILES string of the molecule is FC(F)(F)c1ccc(Oc2ccc(C3(Cn4[nH]cnc4=S)OCCO3)c(C(F)(F)F)n2)cc1.FC(F)(F)c1ccc(Oc2ccc(C3(Cn4cncn4)OCCO3)c(C(F)(F)F)n2)cc1. The first-order chi connectivity index (χ1) is 30.5. The lowest BCUT2D eigenvalue weighted by molar-refractivity contribution is -0.189. The Bertz CT molecular complexity index is 2610. The van der Waals surface area contributed by atoms with Gasteiger partial charge in [-0.1, -0.05) is 0 Å². The van der Waals surface area contributed by atoms with Crippen LogP contribution in [0.1, 0.15) is 33.6 Å². The van der Waals surface area contributed by atoms with Crippen LogP contribution in [-0.4, -0.2) is 65.9 Å². The molecule has 6 heterocycles. The highest BCUT2D eigenvalue weighted by Gasteiger charge is 2.49. The van der Waals surface area contributed by atoms with Crippen molar-refractivity contribution >= 4 is 12.2 Å². The Labute approximate surface area is 361 Å². The van der Waals surface area contributed by atoms with Gasteiger partial charge in [-0.3, -0.25) is 9.78 Å². The number of pyridine rings is 2. The van der Waals surface area contributed by atoms with Gasteiger partial charge < -0.3 is 28.4 Å². The second-order valence-electron chi connectivity index (χ2n) is 13.6. The van der Waals surface area contributed by atoms with E-state index in [0.717, 1.165) is 72.8 Å². The summed E-state index contributed by atoms with van der Waals surface area (Å²) >= 11 is 5.03. The average Bonchev–Trinajstić information content (AvgIpc) is 4.09. The molecule has 2 saturated heterocycles. The van der Waals surface area contributed by atoms with Crippen molar-refractivity contribution in [1.29, 1.82) is 0 Å². The van der Waals surface area contributed by atoms with Gasteiger partial charge in [-0.15, -0.1) is 0 Å². The Morgan fingerprint density at radius 1 is 0.585 bits per heavy atom. The minimum Gasteiger partial charge on any atom is -0.439 e. The van der Waals surface area contributed by atoms with E-state index in [2.05, 4.69) is 30.1 Å². The number of aromatic nitrogens is 8. The monoisotopic (exact) mass is 952 g/mol. The van der Waals surface area contributed by atoms with Gasteiger partial charge >= 0.3 is 24.7 Å². The molecule has 65 heavy (non-hydrogen) atoms.